The molecule has 0 atom stereocenters. The van der Waals surface area contributed by atoms with Crippen LogP contribution in [0.1, 0.15) is 40.5 Å². The topological polar surface area (TPSA) is 40.6 Å². The van der Waals surface area contributed by atoms with Crippen LogP contribution in [0.15, 0.2) is 29.2 Å². The molecule has 2 aliphatic heterocycles. The molecule has 0 amide bonds. The third kappa shape index (κ3) is 4.25. The van der Waals surface area contributed by atoms with Gasteiger partial charge in [0.25, 0.3) is 0 Å². The Labute approximate surface area is 159 Å². The predicted molar refractivity (Wildman–Crippen MR) is 108 cm³/mol. The largest absolute Gasteiger partial charge is 0.371 e. The van der Waals surface area contributed by atoms with E-state index in [0.717, 1.165) is 30.6 Å². The molecule has 146 valence electrons. The molecule has 2 saturated heterocycles. The van der Waals surface area contributed by atoms with E-state index in [2.05, 4.69) is 23.6 Å². The Bertz CT molecular complexity index is 700. The van der Waals surface area contributed by atoms with E-state index in [-0.39, 0.29) is 5.25 Å². The average Bonchev–Trinajstić information content (AvgIpc) is 2.58. The van der Waals surface area contributed by atoms with Gasteiger partial charge in [-0.2, -0.15) is 0 Å². The number of anilines is 1. The lowest BCUT2D eigenvalue weighted by atomic mass is 9.86. The maximum atomic E-state index is 12.4. The Balaban J connectivity index is 1.51. The van der Waals surface area contributed by atoms with E-state index >= 15 is 0 Å². The number of piperidine rings is 1. The fraction of sp³-hybridized carbons (Fsp3) is 0.714. The second-order valence-corrected chi connectivity index (χ2v) is 11.2. The summed E-state index contributed by atoms with van der Waals surface area (Å²) in [6.45, 7) is 13.9. The van der Waals surface area contributed by atoms with Crippen LogP contribution >= 0.6 is 0 Å². The van der Waals surface area contributed by atoms with Gasteiger partial charge < -0.3 is 9.80 Å². The third-order valence-electron chi connectivity index (χ3n) is 6.18. The van der Waals surface area contributed by atoms with Gasteiger partial charge in [0, 0.05) is 31.2 Å². The predicted octanol–water partition coefficient (Wildman–Crippen LogP) is 3.67. The third-order valence-corrected chi connectivity index (χ3v) is 8.33. The molecule has 2 fully saturated rings. The molecule has 2 heterocycles. The van der Waals surface area contributed by atoms with Gasteiger partial charge in [-0.15, -0.1) is 0 Å². The molecular weight excluding hydrogens is 344 g/mol. The van der Waals surface area contributed by atoms with Gasteiger partial charge in [0.1, 0.15) is 0 Å². The van der Waals surface area contributed by atoms with Crippen LogP contribution in [0.25, 0.3) is 0 Å². The van der Waals surface area contributed by atoms with Gasteiger partial charge in [-0.25, -0.2) is 8.42 Å². The smallest absolute Gasteiger partial charge is 0.180 e. The number of rotatable bonds is 6. The first-order valence-electron chi connectivity index (χ1n) is 10.1. The van der Waals surface area contributed by atoms with Gasteiger partial charge in [-0.1, -0.05) is 19.9 Å². The molecule has 0 spiro atoms. The van der Waals surface area contributed by atoms with Gasteiger partial charge in [-0.3, -0.25) is 0 Å². The van der Waals surface area contributed by atoms with E-state index in [1.165, 1.54) is 32.5 Å². The van der Waals surface area contributed by atoms with Crippen LogP contribution in [0.2, 0.25) is 0 Å². The average molecular weight is 379 g/mol. The zero-order chi connectivity index (χ0) is 18.9. The molecule has 2 aliphatic rings. The minimum atomic E-state index is -3.20. The highest BCUT2D eigenvalue weighted by Crippen LogP contribution is 2.30. The second kappa shape index (κ2) is 7.89. The summed E-state index contributed by atoms with van der Waals surface area (Å²) in [5.74, 6) is 2.41. The van der Waals surface area contributed by atoms with Crippen LogP contribution < -0.4 is 4.90 Å². The molecule has 5 heteroatoms. The van der Waals surface area contributed by atoms with Crippen molar-refractivity contribution in [3.8, 4) is 0 Å². The van der Waals surface area contributed by atoms with Crippen molar-refractivity contribution in [1.82, 2.24) is 4.90 Å². The number of benzene rings is 1. The number of sulfone groups is 1. The highest BCUT2D eigenvalue weighted by Gasteiger charge is 2.31. The monoisotopic (exact) mass is 378 g/mol. The molecule has 1 aromatic rings. The van der Waals surface area contributed by atoms with Gasteiger partial charge in [0.2, 0.25) is 0 Å². The second-order valence-electron chi connectivity index (χ2n) is 8.74. The Hall–Kier alpha value is -1.07. The molecule has 0 N–H and O–H groups in total. The summed E-state index contributed by atoms with van der Waals surface area (Å²) in [4.78, 5) is 5.38. The normalized spacial score (nSPS) is 20.8. The summed E-state index contributed by atoms with van der Waals surface area (Å²) in [6.07, 6.45) is 2.67. The lowest BCUT2D eigenvalue weighted by Gasteiger charge is -2.44. The molecule has 0 unspecified atom stereocenters. The molecule has 0 saturated carbocycles. The van der Waals surface area contributed by atoms with Crippen LogP contribution in [0.4, 0.5) is 5.69 Å². The first-order chi connectivity index (χ1) is 12.3. The molecule has 0 aromatic heterocycles. The minimum absolute atomic E-state index is 0.379. The van der Waals surface area contributed by atoms with Gasteiger partial charge in [-0.05, 0) is 69.8 Å². The summed E-state index contributed by atoms with van der Waals surface area (Å²) < 4.78 is 24.8. The van der Waals surface area contributed by atoms with Crippen LogP contribution in [-0.2, 0) is 9.84 Å². The van der Waals surface area contributed by atoms with E-state index < -0.39 is 9.84 Å². The Kier molecular flexibility index (Phi) is 5.97. The quantitative estimate of drug-likeness (QED) is 0.757. The maximum absolute atomic E-state index is 12.4. The first kappa shape index (κ1) is 19.7. The van der Waals surface area contributed by atoms with E-state index in [1.54, 1.807) is 19.9 Å². The van der Waals surface area contributed by atoms with Crippen molar-refractivity contribution >= 4 is 15.5 Å². The molecule has 4 nitrogen and oxygen atoms in total. The molecule has 0 aliphatic carbocycles. The van der Waals surface area contributed by atoms with Gasteiger partial charge >= 0.3 is 0 Å². The Morgan fingerprint density at radius 1 is 1.08 bits per heavy atom. The molecular formula is C21H34N2O2S. The summed E-state index contributed by atoms with van der Waals surface area (Å²) in [7, 11) is -3.20. The molecule has 0 radical (unpaired) electrons. The van der Waals surface area contributed by atoms with Crippen molar-refractivity contribution in [2.75, 3.05) is 37.6 Å². The van der Waals surface area contributed by atoms with Crippen LogP contribution in [0, 0.1) is 17.8 Å². The standard InChI is InChI=1S/C21H34N2O2S/c1-16(2)19-8-10-22(11-9-19)13-18-14-23(15-18)20-6-5-7-21(12-20)26(24,25)17(3)4/h5-7,12,16-19H,8-11,13-15H2,1-4H3. The highest BCUT2D eigenvalue weighted by molar-refractivity contribution is 7.92. The van der Waals surface area contributed by atoms with Gasteiger partial charge in [0.15, 0.2) is 9.84 Å². The number of hydrogen-bond acceptors (Lipinski definition) is 4. The lowest BCUT2D eigenvalue weighted by molar-refractivity contribution is 0.131. The summed E-state index contributed by atoms with van der Waals surface area (Å²) >= 11 is 0. The maximum Gasteiger partial charge on any atom is 0.180 e. The molecule has 26 heavy (non-hydrogen) atoms. The van der Waals surface area contributed by atoms with Crippen LogP contribution in [0.3, 0.4) is 0 Å². The Morgan fingerprint density at radius 3 is 2.31 bits per heavy atom. The van der Waals surface area contributed by atoms with Crippen molar-refractivity contribution < 1.29 is 8.42 Å². The SMILES string of the molecule is CC(C)C1CCN(CC2CN(c3cccc(S(=O)(=O)C(C)C)c3)C2)CC1. The number of likely N-dealkylation sites (tertiary alicyclic amines) is 1. The molecule has 1 aromatic carbocycles. The van der Waals surface area contributed by atoms with Crippen molar-refractivity contribution in [1.29, 1.82) is 0 Å². The van der Waals surface area contributed by atoms with Crippen molar-refractivity contribution in [2.45, 2.75) is 50.7 Å². The summed E-state index contributed by atoms with van der Waals surface area (Å²) in [5.41, 5.74) is 1.04. The van der Waals surface area contributed by atoms with Crippen molar-refractivity contribution in [3.63, 3.8) is 0 Å². The molecule has 0 bridgehead atoms. The number of nitrogens with zero attached hydrogens (tertiary/aromatic N) is 2. The number of hydrogen-bond donors (Lipinski definition) is 0. The highest BCUT2D eigenvalue weighted by atomic mass is 32.2. The fourth-order valence-electron chi connectivity index (χ4n) is 4.19. The van der Waals surface area contributed by atoms with E-state index in [1.807, 2.05) is 18.2 Å². The zero-order valence-corrected chi connectivity index (χ0v) is 17.5. The van der Waals surface area contributed by atoms with Crippen LogP contribution in [-0.4, -0.2) is 51.3 Å². The van der Waals surface area contributed by atoms with E-state index in [4.69, 9.17) is 0 Å². The zero-order valence-electron chi connectivity index (χ0n) is 16.7. The van der Waals surface area contributed by atoms with Gasteiger partial charge in [0.05, 0.1) is 10.1 Å². The van der Waals surface area contributed by atoms with Crippen molar-refractivity contribution in [3.05, 3.63) is 24.3 Å². The Morgan fingerprint density at radius 2 is 1.73 bits per heavy atom. The minimum Gasteiger partial charge on any atom is -0.371 e. The van der Waals surface area contributed by atoms with Crippen LogP contribution in [0.5, 0.6) is 0 Å². The molecule has 3 rings (SSSR count). The first-order valence-corrected chi connectivity index (χ1v) is 11.6. The lowest BCUT2D eigenvalue weighted by Crippen LogP contribution is -2.52. The van der Waals surface area contributed by atoms with Crippen molar-refractivity contribution in [2.24, 2.45) is 17.8 Å². The fourth-order valence-corrected chi connectivity index (χ4v) is 5.29. The summed E-state index contributed by atoms with van der Waals surface area (Å²) in [5, 5.41) is -0.379. The summed E-state index contributed by atoms with van der Waals surface area (Å²) in [6, 6.07) is 7.47. The van der Waals surface area contributed by atoms with E-state index in [0.29, 0.717) is 10.8 Å². The van der Waals surface area contributed by atoms with E-state index in [9.17, 15) is 8.42 Å².